The van der Waals surface area contributed by atoms with Crippen LogP contribution in [0.3, 0.4) is 0 Å². The molecule has 1 aromatic heterocycles. The number of nitrogens with zero attached hydrogens (tertiary/aromatic N) is 1. The van der Waals surface area contributed by atoms with Crippen LogP contribution in [0.4, 0.5) is 5.69 Å². The molecule has 1 N–H and O–H groups in total. The highest BCUT2D eigenvalue weighted by molar-refractivity contribution is 6.05. The summed E-state index contributed by atoms with van der Waals surface area (Å²) in [5.41, 5.74) is 1.94. The summed E-state index contributed by atoms with van der Waals surface area (Å²) in [6.07, 6.45) is 0. The van der Waals surface area contributed by atoms with E-state index in [1.165, 1.54) is 7.11 Å². The van der Waals surface area contributed by atoms with Gasteiger partial charge in [-0.15, -0.1) is 0 Å². The van der Waals surface area contributed by atoms with Crippen LogP contribution in [0.2, 0.25) is 0 Å². The lowest BCUT2D eigenvalue weighted by Gasteiger charge is -2.05. The monoisotopic (exact) mass is 274 g/mol. The van der Waals surface area contributed by atoms with Crippen LogP contribution >= 0.6 is 0 Å². The molecule has 0 unspecified atom stereocenters. The van der Waals surface area contributed by atoms with E-state index >= 15 is 0 Å². The van der Waals surface area contributed by atoms with Gasteiger partial charge in [-0.1, -0.05) is 5.16 Å². The van der Waals surface area contributed by atoms with Crippen LogP contribution in [0.1, 0.15) is 32.2 Å². The second-order valence-electron chi connectivity index (χ2n) is 4.22. The highest BCUT2D eigenvalue weighted by Crippen LogP contribution is 2.16. The predicted octanol–water partition coefficient (Wildman–Crippen LogP) is 2.33. The number of carbonyl (C=O) groups excluding carboxylic acids is 2. The zero-order chi connectivity index (χ0) is 14.7. The Morgan fingerprint density at radius 2 is 1.85 bits per heavy atom. The van der Waals surface area contributed by atoms with Crippen LogP contribution in [0.15, 0.2) is 28.8 Å². The van der Waals surface area contributed by atoms with E-state index in [4.69, 9.17) is 4.52 Å². The summed E-state index contributed by atoms with van der Waals surface area (Å²) in [6, 6.07) is 6.41. The fraction of sp³-hybridized carbons (Fsp3) is 0.214. The van der Waals surface area contributed by atoms with E-state index in [0.29, 0.717) is 28.3 Å². The molecule has 0 aliphatic rings. The maximum Gasteiger partial charge on any atom is 0.337 e. The van der Waals surface area contributed by atoms with Crippen LogP contribution in [0, 0.1) is 13.8 Å². The van der Waals surface area contributed by atoms with Crippen molar-refractivity contribution in [3.63, 3.8) is 0 Å². The number of carbonyl (C=O) groups is 2. The van der Waals surface area contributed by atoms with Gasteiger partial charge in [-0.05, 0) is 38.1 Å². The van der Waals surface area contributed by atoms with E-state index in [9.17, 15) is 9.59 Å². The summed E-state index contributed by atoms with van der Waals surface area (Å²) in [4.78, 5) is 23.4. The molecule has 0 saturated heterocycles. The minimum atomic E-state index is -0.423. The van der Waals surface area contributed by atoms with Crippen LogP contribution in [-0.4, -0.2) is 24.1 Å². The molecule has 104 valence electrons. The van der Waals surface area contributed by atoms with E-state index in [1.807, 2.05) is 0 Å². The molecule has 2 rings (SSSR count). The van der Waals surface area contributed by atoms with Gasteiger partial charge in [-0.25, -0.2) is 4.79 Å². The highest BCUT2D eigenvalue weighted by atomic mass is 16.5. The average molecular weight is 274 g/mol. The highest BCUT2D eigenvalue weighted by Gasteiger charge is 2.17. The molecule has 0 bridgehead atoms. The molecule has 2 aromatic rings. The first-order valence-corrected chi connectivity index (χ1v) is 5.95. The van der Waals surface area contributed by atoms with Crippen molar-refractivity contribution < 1.29 is 18.8 Å². The second kappa shape index (κ2) is 5.56. The number of amides is 1. The standard InChI is InChI=1S/C14H14N2O4/c1-8-12(9(2)20-16-8)13(17)15-11-6-4-10(5-7-11)14(18)19-3/h4-7H,1-3H3,(H,15,17). The van der Waals surface area contributed by atoms with Crippen LogP contribution in [-0.2, 0) is 4.74 Å². The van der Waals surface area contributed by atoms with Crippen LogP contribution in [0.5, 0.6) is 0 Å². The summed E-state index contributed by atoms with van der Waals surface area (Å²) >= 11 is 0. The van der Waals surface area contributed by atoms with Gasteiger partial charge < -0.3 is 14.6 Å². The maximum atomic E-state index is 12.1. The lowest BCUT2D eigenvalue weighted by Crippen LogP contribution is -2.13. The van der Waals surface area contributed by atoms with Gasteiger partial charge in [0.15, 0.2) is 0 Å². The van der Waals surface area contributed by atoms with Gasteiger partial charge in [-0.2, -0.15) is 0 Å². The van der Waals surface area contributed by atoms with E-state index in [0.717, 1.165) is 0 Å². The summed E-state index contributed by atoms with van der Waals surface area (Å²) in [5.74, 6) is -0.258. The molecule has 20 heavy (non-hydrogen) atoms. The van der Waals surface area contributed by atoms with Crippen molar-refractivity contribution in [1.82, 2.24) is 5.16 Å². The quantitative estimate of drug-likeness (QED) is 0.869. The Hall–Kier alpha value is -2.63. The number of hydrogen-bond donors (Lipinski definition) is 1. The lowest BCUT2D eigenvalue weighted by atomic mass is 10.1. The van der Waals surface area contributed by atoms with E-state index in [-0.39, 0.29) is 5.91 Å². The number of benzene rings is 1. The molecule has 0 saturated carbocycles. The maximum absolute atomic E-state index is 12.1. The first-order valence-electron chi connectivity index (χ1n) is 5.95. The largest absolute Gasteiger partial charge is 0.465 e. The third kappa shape index (κ3) is 2.69. The van der Waals surface area contributed by atoms with Crippen molar-refractivity contribution in [2.75, 3.05) is 12.4 Å². The average Bonchev–Trinajstić information content (AvgIpc) is 2.78. The Balaban J connectivity index is 2.15. The number of esters is 1. The molecule has 1 heterocycles. The zero-order valence-electron chi connectivity index (χ0n) is 11.4. The molecule has 1 amide bonds. The molecule has 1 aromatic carbocycles. The molecular weight excluding hydrogens is 260 g/mol. The van der Waals surface area contributed by atoms with Crippen molar-refractivity contribution in [3.05, 3.63) is 46.8 Å². The van der Waals surface area contributed by atoms with Gasteiger partial charge >= 0.3 is 5.97 Å². The first-order chi connectivity index (χ1) is 9.52. The van der Waals surface area contributed by atoms with Crippen LogP contribution in [0.25, 0.3) is 0 Å². The summed E-state index contributed by atoms with van der Waals surface area (Å²) in [6.45, 7) is 3.38. The minimum Gasteiger partial charge on any atom is -0.465 e. The number of aromatic nitrogens is 1. The van der Waals surface area contributed by atoms with E-state index in [1.54, 1.807) is 38.1 Å². The smallest absolute Gasteiger partial charge is 0.337 e. The molecule has 6 heteroatoms. The third-order valence-electron chi connectivity index (χ3n) is 2.82. The first kappa shape index (κ1) is 13.8. The van der Waals surface area contributed by atoms with Crippen LogP contribution < -0.4 is 5.32 Å². The fourth-order valence-corrected chi connectivity index (χ4v) is 1.81. The molecule has 0 atom stereocenters. The zero-order valence-corrected chi connectivity index (χ0v) is 11.4. The number of anilines is 1. The third-order valence-corrected chi connectivity index (χ3v) is 2.82. The fourth-order valence-electron chi connectivity index (χ4n) is 1.81. The van der Waals surface area contributed by atoms with Gasteiger partial charge in [0.05, 0.1) is 18.4 Å². The molecular formula is C14H14N2O4. The number of hydrogen-bond acceptors (Lipinski definition) is 5. The molecule has 0 spiro atoms. The summed E-state index contributed by atoms with van der Waals surface area (Å²) in [7, 11) is 1.31. The molecule has 0 aliphatic carbocycles. The van der Waals surface area contributed by atoms with Gasteiger partial charge in [0.25, 0.3) is 5.91 Å². The molecule has 0 fully saturated rings. The topological polar surface area (TPSA) is 81.4 Å². The number of aryl methyl sites for hydroxylation is 2. The number of ether oxygens (including phenoxy) is 1. The second-order valence-corrected chi connectivity index (χ2v) is 4.22. The van der Waals surface area contributed by atoms with Gasteiger partial charge in [0.1, 0.15) is 11.3 Å². The van der Waals surface area contributed by atoms with Crippen molar-refractivity contribution in [3.8, 4) is 0 Å². The molecule has 0 aliphatic heterocycles. The SMILES string of the molecule is COC(=O)c1ccc(NC(=O)c2c(C)noc2C)cc1. The van der Waals surface area contributed by atoms with Crippen molar-refractivity contribution in [2.24, 2.45) is 0 Å². The van der Waals surface area contributed by atoms with Crippen molar-refractivity contribution >= 4 is 17.6 Å². The van der Waals surface area contributed by atoms with E-state index < -0.39 is 5.97 Å². The van der Waals surface area contributed by atoms with Crippen molar-refractivity contribution in [2.45, 2.75) is 13.8 Å². The Kier molecular flexibility index (Phi) is 3.84. The summed E-state index contributed by atoms with van der Waals surface area (Å²) < 4.78 is 9.55. The van der Waals surface area contributed by atoms with Gasteiger partial charge in [0.2, 0.25) is 0 Å². The predicted molar refractivity (Wildman–Crippen MR) is 71.7 cm³/mol. The summed E-state index contributed by atoms with van der Waals surface area (Å²) in [5, 5.41) is 6.45. The Labute approximate surface area is 115 Å². The number of methoxy groups -OCH3 is 1. The Bertz CT molecular complexity index is 624. The minimum absolute atomic E-state index is 0.299. The molecule has 6 nitrogen and oxygen atoms in total. The Morgan fingerprint density at radius 3 is 2.35 bits per heavy atom. The normalized spacial score (nSPS) is 10.2. The molecule has 0 radical (unpaired) electrons. The number of rotatable bonds is 3. The van der Waals surface area contributed by atoms with Gasteiger partial charge in [-0.3, -0.25) is 4.79 Å². The Morgan fingerprint density at radius 1 is 1.20 bits per heavy atom. The lowest BCUT2D eigenvalue weighted by molar-refractivity contribution is 0.0600. The van der Waals surface area contributed by atoms with E-state index in [2.05, 4.69) is 15.2 Å². The van der Waals surface area contributed by atoms with Gasteiger partial charge in [0, 0.05) is 5.69 Å². The van der Waals surface area contributed by atoms with Crippen molar-refractivity contribution in [1.29, 1.82) is 0 Å². The number of nitrogens with one attached hydrogen (secondary N) is 1.